The van der Waals surface area contributed by atoms with E-state index in [9.17, 15) is 0 Å². The molecule has 3 N–H and O–H groups in total. The van der Waals surface area contributed by atoms with Crippen molar-refractivity contribution in [2.45, 2.75) is 9.79 Å². The first-order chi connectivity index (χ1) is 9.51. The van der Waals surface area contributed by atoms with Gasteiger partial charge in [-0.05, 0) is 36.4 Å². The summed E-state index contributed by atoms with van der Waals surface area (Å²) < 4.78 is 0. The molecule has 0 aromatic heterocycles. The minimum absolute atomic E-state index is 0.0120. The van der Waals surface area contributed by atoms with Crippen LogP contribution in [-0.4, -0.2) is 11.0 Å². The van der Waals surface area contributed by atoms with Crippen molar-refractivity contribution in [3.63, 3.8) is 0 Å². The van der Waals surface area contributed by atoms with E-state index in [1.807, 2.05) is 6.07 Å². The molecular weight excluding hydrogens is 339 g/mol. The number of amidine groups is 1. The number of halogens is 3. The lowest BCUT2D eigenvalue weighted by Crippen LogP contribution is -2.12. The largest absolute Gasteiger partial charge is 0.409 e. The van der Waals surface area contributed by atoms with Gasteiger partial charge in [0.15, 0.2) is 5.84 Å². The highest BCUT2D eigenvalue weighted by Crippen LogP contribution is 2.36. The Balaban J connectivity index is 2.28. The molecule has 0 saturated carbocycles. The van der Waals surface area contributed by atoms with Gasteiger partial charge in [-0.3, -0.25) is 0 Å². The second kappa shape index (κ2) is 6.59. The van der Waals surface area contributed by atoms with Gasteiger partial charge in [0, 0.05) is 15.4 Å². The van der Waals surface area contributed by atoms with Crippen molar-refractivity contribution in [1.29, 1.82) is 0 Å². The zero-order chi connectivity index (χ0) is 14.7. The molecule has 0 amide bonds. The summed E-state index contributed by atoms with van der Waals surface area (Å²) in [6.07, 6.45) is 0. The van der Waals surface area contributed by atoms with Gasteiger partial charge in [0.2, 0.25) is 0 Å². The van der Waals surface area contributed by atoms with E-state index >= 15 is 0 Å². The summed E-state index contributed by atoms with van der Waals surface area (Å²) in [6.45, 7) is 0. The molecule has 104 valence electrons. The third kappa shape index (κ3) is 3.52. The van der Waals surface area contributed by atoms with Crippen molar-refractivity contribution in [3.05, 3.63) is 57.0 Å². The van der Waals surface area contributed by atoms with Gasteiger partial charge in [-0.2, -0.15) is 0 Å². The molecule has 7 heteroatoms. The van der Waals surface area contributed by atoms with Gasteiger partial charge < -0.3 is 10.9 Å². The summed E-state index contributed by atoms with van der Waals surface area (Å²) >= 11 is 19.5. The van der Waals surface area contributed by atoms with Crippen LogP contribution in [0.5, 0.6) is 0 Å². The van der Waals surface area contributed by atoms with Crippen LogP contribution >= 0.6 is 46.6 Å². The van der Waals surface area contributed by atoms with Crippen molar-refractivity contribution in [1.82, 2.24) is 0 Å². The van der Waals surface area contributed by atoms with Crippen LogP contribution < -0.4 is 5.73 Å². The van der Waals surface area contributed by atoms with Crippen LogP contribution in [0.1, 0.15) is 5.56 Å². The standard InChI is InChI=1S/C13H9Cl3N2OS/c14-9-3-2-8(6-10(9)15)20-12-4-1-7(5-11(12)16)13(17)18-19/h1-6,19H,(H2,17,18). The van der Waals surface area contributed by atoms with Crippen LogP contribution in [0.4, 0.5) is 0 Å². The van der Waals surface area contributed by atoms with Crippen LogP contribution in [0.3, 0.4) is 0 Å². The van der Waals surface area contributed by atoms with Crippen molar-refractivity contribution in [2.75, 3.05) is 0 Å². The molecular formula is C13H9Cl3N2OS. The van der Waals surface area contributed by atoms with E-state index in [0.717, 1.165) is 9.79 Å². The second-order valence-electron chi connectivity index (χ2n) is 3.81. The Morgan fingerprint density at radius 1 is 1.00 bits per heavy atom. The van der Waals surface area contributed by atoms with Gasteiger partial charge in [-0.15, -0.1) is 0 Å². The first-order valence-corrected chi connectivity index (χ1v) is 7.36. The van der Waals surface area contributed by atoms with Crippen molar-refractivity contribution >= 4 is 52.4 Å². The smallest absolute Gasteiger partial charge is 0.170 e. The molecule has 0 bridgehead atoms. The quantitative estimate of drug-likeness (QED) is 0.359. The van der Waals surface area contributed by atoms with Crippen LogP contribution in [0.15, 0.2) is 51.3 Å². The van der Waals surface area contributed by atoms with Crippen molar-refractivity contribution in [2.24, 2.45) is 10.9 Å². The van der Waals surface area contributed by atoms with E-state index in [2.05, 4.69) is 5.16 Å². The molecule has 0 heterocycles. The third-order valence-corrected chi connectivity index (χ3v) is 4.68. The van der Waals surface area contributed by atoms with Crippen LogP contribution in [-0.2, 0) is 0 Å². The number of benzene rings is 2. The average Bonchev–Trinajstić information content (AvgIpc) is 2.44. The van der Waals surface area contributed by atoms with E-state index in [0.29, 0.717) is 20.6 Å². The van der Waals surface area contributed by atoms with Crippen LogP contribution in [0.2, 0.25) is 15.1 Å². The zero-order valence-electron chi connectivity index (χ0n) is 9.98. The molecule has 0 aliphatic heterocycles. The van der Waals surface area contributed by atoms with E-state index in [1.165, 1.54) is 11.8 Å². The minimum Gasteiger partial charge on any atom is -0.409 e. The summed E-state index contributed by atoms with van der Waals surface area (Å²) in [4.78, 5) is 1.75. The summed E-state index contributed by atoms with van der Waals surface area (Å²) in [5, 5.41) is 13.1. The lowest BCUT2D eigenvalue weighted by atomic mass is 10.2. The Morgan fingerprint density at radius 3 is 2.35 bits per heavy atom. The number of hydrogen-bond donors (Lipinski definition) is 2. The maximum atomic E-state index is 8.63. The molecule has 0 unspecified atom stereocenters. The summed E-state index contributed by atoms with van der Waals surface area (Å²) in [5.74, 6) is 0.0120. The first kappa shape index (κ1) is 15.3. The average molecular weight is 348 g/mol. The molecule has 3 nitrogen and oxygen atoms in total. The molecule has 0 aliphatic carbocycles. The second-order valence-corrected chi connectivity index (χ2v) is 6.15. The maximum Gasteiger partial charge on any atom is 0.170 e. The SMILES string of the molecule is NC(=NO)c1ccc(Sc2ccc(Cl)c(Cl)c2)c(Cl)c1. The lowest BCUT2D eigenvalue weighted by Gasteiger charge is -2.07. The highest BCUT2D eigenvalue weighted by Gasteiger charge is 2.08. The molecule has 0 fully saturated rings. The number of hydrogen-bond acceptors (Lipinski definition) is 3. The van der Waals surface area contributed by atoms with Gasteiger partial charge in [0.25, 0.3) is 0 Å². The highest BCUT2D eigenvalue weighted by atomic mass is 35.5. The molecule has 0 radical (unpaired) electrons. The molecule has 2 aromatic rings. The van der Waals surface area contributed by atoms with E-state index < -0.39 is 0 Å². The number of nitrogens with two attached hydrogens (primary N) is 1. The summed E-state index contributed by atoms with van der Waals surface area (Å²) in [5.41, 5.74) is 6.06. The van der Waals surface area contributed by atoms with Crippen molar-refractivity contribution in [3.8, 4) is 0 Å². The highest BCUT2D eigenvalue weighted by molar-refractivity contribution is 7.99. The Morgan fingerprint density at radius 2 is 1.75 bits per heavy atom. The Hall–Kier alpha value is -1.07. The summed E-state index contributed by atoms with van der Waals surface area (Å²) in [7, 11) is 0. The van der Waals surface area contributed by atoms with Crippen molar-refractivity contribution < 1.29 is 5.21 Å². The maximum absolute atomic E-state index is 8.63. The Kier molecular flexibility index (Phi) is 5.05. The van der Waals surface area contributed by atoms with Gasteiger partial charge in [-0.25, -0.2) is 0 Å². The van der Waals surface area contributed by atoms with Gasteiger partial charge in [0.1, 0.15) is 0 Å². The molecule has 2 rings (SSSR count). The molecule has 0 aliphatic rings. The predicted octanol–water partition coefficient (Wildman–Crippen LogP) is 4.89. The van der Waals surface area contributed by atoms with Gasteiger partial charge in [0.05, 0.1) is 15.1 Å². The lowest BCUT2D eigenvalue weighted by molar-refractivity contribution is 0.318. The molecule has 20 heavy (non-hydrogen) atoms. The summed E-state index contributed by atoms with van der Waals surface area (Å²) in [6, 6.07) is 10.5. The molecule has 2 aromatic carbocycles. The fourth-order valence-electron chi connectivity index (χ4n) is 1.47. The Bertz CT molecular complexity index is 677. The van der Waals surface area contributed by atoms with Gasteiger partial charge >= 0.3 is 0 Å². The minimum atomic E-state index is 0.0120. The molecule has 0 saturated heterocycles. The monoisotopic (exact) mass is 346 g/mol. The zero-order valence-corrected chi connectivity index (χ0v) is 13.1. The Labute approximate surface area is 135 Å². The molecule has 0 spiro atoms. The number of rotatable bonds is 3. The van der Waals surface area contributed by atoms with E-state index in [1.54, 1.807) is 30.3 Å². The van der Waals surface area contributed by atoms with Crippen LogP contribution in [0.25, 0.3) is 0 Å². The van der Waals surface area contributed by atoms with E-state index in [4.69, 9.17) is 45.7 Å². The normalized spacial score (nSPS) is 11.7. The topological polar surface area (TPSA) is 58.6 Å². The number of oxime groups is 1. The number of nitrogens with zero attached hydrogens (tertiary/aromatic N) is 1. The predicted molar refractivity (Wildman–Crippen MR) is 84.5 cm³/mol. The fourth-order valence-corrected chi connectivity index (χ4v) is 2.99. The molecule has 0 atom stereocenters. The van der Waals surface area contributed by atoms with E-state index in [-0.39, 0.29) is 5.84 Å². The first-order valence-electron chi connectivity index (χ1n) is 5.41. The fraction of sp³-hybridized carbons (Fsp3) is 0. The third-order valence-electron chi connectivity index (χ3n) is 2.45. The van der Waals surface area contributed by atoms with Gasteiger partial charge in [-0.1, -0.05) is 51.7 Å². The van der Waals surface area contributed by atoms with Crippen LogP contribution in [0, 0.1) is 0 Å².